The number of rotatable bonds is 6. The molecule has 0 spiro atoms. The van der Waals surface area contributed by atoms with Gasteiger partial charge in [0.1, 0.15) is 5.75 Å². The zero-order chi connectivity index (χ0) is 20.2. The van der Waals surface area contributed by atoms with E-state index in [0.717, 1.165) is 12.1 Å². The maximum atomic E-state index is 12.9. The minimum absolute atomic E-state index is 0.0196. The van der Waals surface area contributed by atoms with Crippen molar-refractivity contribution >= 4 is 5.91 Å². The molecule has 0 bridgehead atoms. The highest BCUT2D eigenvalue weighted by molar-refractivity contribution is 5.82. The Morgan fingerprint density at radius 1 is 1.04 bits per heavy atom. The SMILES string of the molecule is COc1c(O)cc(CN(CCc2ccc(O)cc2)C(=O)C(F)(F)F)cc1O. The number of carbonyl (C=O) groups is 1. The second-order valence-electron chi connectivity index (χ2n) is 5.81. The van der Waals surface area contributed by atoms with Crippen LogP contribution in [0.3, 0.4) is 0 Å². The summed E-state index contributed by atoms with van der Waals surface area (Å²) in [5.74, 6) is -3.13. The van der Waals surface area contributed by atoms with Crippen LogP contribution in [0.4, 0.5) is 13.2 Å². The Bertz CT molecular complexity index is 783. The summed E-state index contributed by atoms with van der Waals surface area (Å²) in [5, 5.41) is 28.8. The van der Waals surface area contributed by atoms with E-state index in [1.807, 2.05) is 0 Å². The van der Waals surface area contributed by atoms with Gasteiger partial charge < -0.3 is 25.0 Å². The van der Waals surface area contributed by atoms with Crippen LogP contribution in [-0.4, -0.2) is 46.0 Å². The van der Waals surface area contributed by atoms with Gasteiger partial charge in [0.15, 0.2) is 11.5 Å². The molecule has 27 heavy (non-hydrogen) atoms. The lowest BCUT2D eigenvalue weighted by Crippen LogP contribution is -2.41. The van der Waals surface area contributed by atoms with Gasteiger partial charge in [0.05, 0.1) is 7.11 Å². The average molecular weight is 385 g/mol. The molecule has 2 aromatic carbocycles. The molecule has 0 saturated carbocycles. The third-order valence-corrected chi connectivity index (χ3v) is 3.82. The topological polar surface area (TPSA) is 90.2 Å². The molecule has 3 N–H and O–H groups in total. The average Bonchev–Trinajstić information content (AvgIpc) is 2.58. The third kappa shape index (κ3) is 5.19. The molecule has 0 aromatic heterocycles. The van der Waals surface area contributed by atoms with Crippen molar-refractivity contribution < 1.29 is 38.0 Å². The fourth-order valence-corrected chi connectivity index (χ4v) is 2.53. The molecule has 9 heteroatoms. The minimum Gasteiger partial charge on any atom is -0.508 e. The van der Waals surface area contributed by atoms with E-state index in [4.69, 9.17) is 4.74 Å². The number of hydrogen-bond donors (Lipinski definition) is 3. The molecule has 2 aromatic rings. The number of phenols is 3. The zero-order valence-corrected chi connectivity index (χ0v) is 14.3. The molecule has 1 amide bonds. The van der Waals surface area contributed by atoms with Crippen molar-refractivity contribution in [3.8, 4) is 23.0 Å². The summed E-state index contributed by atoms with van der Waals surface area (Å²) in [6.07, 6.45) is -4.94. The fraction of sp³-hybridized carbons (Fsp3) is 0.278. The fourth-order valence-electron chi connectivity index (χ4n) is 2.53. The second-order valence-corrected chi connectivity index (χ2v) is 5.81. The van der Waals surface area contributed by atoms with Gasteiger partial charge in [-0.15, -0.1) is 0 Å². The summed E-state index contributed by atoms with van der Waals surface area (Å²) in [5.41, 5.74) is 0.738. The van der Waals surface area contributed by atoms with Gasteiger partial charge in [0, 0.05) is 13.1 Å². The summed E-state index contributed by atoms with van der Waals surface area (Å²) < 4.78 is 43.5. The Morgan fingerprint density at radius 2 is 1.59 bits per heavy atom. The lowest BCUT2D eigenvalue weighted by molar-refractivity contribution is -0.186. The number of halogens is 3. The van der Waals surface area contributed by atoms with Crippen LogP contribution < -0.4 is 4.74 Å². The van der Waals surface area contributed by atoms with Gasteiger partial charge in [0.25, 0.3) is 0 Å². The van der Waals surface area contributed by atoms with Gasteiger partial charge in [-0.05, 0) is 41.8 Å². The Balaban J connectivity index is 2.22. The van der Waals surface area contributed by atoms with Gasteiger partial charge in [-0.2, -0.15) is 13.2 Å². The predicted octanol–water partition coefficient (Wildman–Crippen LogP) is 2.95. The Labute approximate surface area is 153 Å². The molecule has 146 valence electrons. The summed E-state index contributed by atoms with van der Waals surface area (Å²) in [4.78, 5) is 12.3. The van der Waals surface area contributed by atoms with Crippen LogP contribution in [0.25, 0.3) is 0 Å². The molecule has 0 fully saturated rings. The van der Waals surface area contributed by atoms with Crippen LogP contribution in [0, 0.1) is 0 Å². The van der Waals surface area contributed by atoms with E-state index in [-0.39, 0.29) is 30.0 Å². The number of amides is 1. The highest BCUT2D eigenvalue weighted by Crippen LogP contribution is 2.37. The molecule has 0 unspecified atom stereocenters. The molecule has 0 aliphatic rings. The number of carbonyl (C=O) groups excluding carboxylic acids is 1. The van der Waals surface area contributed by atoms with E-state index in [2.05, 4.69) is 0 Å². The first-order valence-electron chi connectivity index (χ1n) is 7.84. The van der Waals surface area contributed by atoms with E-state index in [9.17, 15) is 33.3 Å². The molecule has 0 aliphatic heterocycles. The first-order valence-corrected chi connectivity index (χ1v) is 7.84. The lowest BCUT2D eigenvalue weighted by Gasteiger charge is -2.24. The third-order valence-electron chi connectivity index (χ3n) is 3.82. The number of phenolic OH excluding ortho intramolecular Hbond substituents is 3. The number of alkyl halides is 3. The largest absolute Gasteiger partial charge is 0.508 e. The number of aromatic hydroxyl groups is 3. The summed E-state index contributed by atoms with van der Waals surface area (Å²) in [7, 11) is 1.21. The van der Waals surface area contributed by atoms with Crippen molar-refractivity contribution in [2.75, 3.05) is 13.7 Å². The van der Waals surface area contributed by atoms with E-state index in [1.165, 1.54) is 31.4 Å². The van der Waals surface area contributed by atoms with Crippen molar-refractivity contribution in [2.24, 2.45) is 0 Å². The Morgan fingerprint density at radius 3 is 2.07 bits per heavy atom. The Hall–Kier alpha value is -3.10. The van der Waals surface area contributed by atoms with Gasteiger partial charge >= 0.3 is 12.1 Å². The number of methoxy groups -OCH3 is 1. The van der Waals surface area contributed by atoms with E-state index < -0.39 is 30.1 Å². The molecule has 0 saturated heterocycles. The van der Waals surface area contributed by atoms with Gasteiger partial charge in [0.2, 0.25) is 5.75 Å². The summed E-state index contributed by atoms with van der Waals surface area (Å²) >= 11 is 0. The van der Waals surface area contributed by atoms with Crippen LogP contribution in [0.15, 0.2) is 36.4 Å². The second kappa shape index (κ2) is 8.07. The molecule has 0 atom stereocenters. The van der Waals surface area contributed by atoms with Crippen LogP contribution in [0.1, 0.15) is 11.1 Å². The smallest absolute Gasteiger partial charge is 0.471 e. The van der Waals surface area contributed by atoms with Crippen molar-refractivity contribution in [1.82, 2.24) is 4.90 Å². The van der Waals surface area contributed by atoms with Crippen molar-refractivity contribution in [1.29, 1.82) is 0 Å². The molecular formula is C18H18F3NO5. The maximum absolute atomic E-state index is 12.9. The Kier molecular flexibility index (Phi) is 6.04. The zero-order valence-electron chi connectivity index (χ0n) is 14.3. The van der Waals surface area contributed by atoms with Crippen LogP contribution in [0.5, 0.6) is 23.0 Å². The highest BCUT2D eigenvalue weighted by atomic mass is 19.4. The quantitative estimate of drug-likeness (QED) is 0.711. The molecular weight excluding hydrogens is 367 g/mol. The number of hydrogen-bond acceptors (Lipinski definition) is 5. The summed E-state index contributed by atoms with van der Waals surface area (Å²) in [6.45, 7) is -0.724. The standard InChI is InChI=1S/C18H18F3NO5/c1-27-16-14(24)8-12(9-15(16)25)10-22(17(26)18(19,20)21)7-6-11-2-4-13(23)5-3-11/h2-5,8-9,23-25H,6-7,10H2,1H3. The monoisotopic (exact) mass is 385 g/mol. The van der Waals surface area contributed by atoms with Gasteiger partial charge in [-0.1, -0.05) is 12.1 Å². The van der Waals surface area contributed by atoms with Crippen molar-refractivity contribution in [3.05, 3.63) is 47.5 Å². The first-order chi connectivity index (χ1) is 12.6. The molecule has 6 nitrogen and oxygen atoms in total. The summed E-state index contributed by atoms with van der Waals surface area (Å²) in [6, 6.07) is 8.11. The van der Waals surface area contributed by atoms with Crippen LogP contribution in [-0.2, 0) is 17.8 Å². The van der Waals surface area contributed by atoms with E-state index in [0.29, 0.717) is 10.5 Å². The molecule has 0 heterocycles. The molecule has 0 radical (unpaired) electrons. The molecule has 0 aliphatic carbocycles. The van der Waals surface area contributed by atoms with Gasteiger partial charge in [-0.3, -0.25) is 4.79 Å². The van der Waals surface area contributed by atoms with Crippen molar-refractivity contribution in [2.45, 2.75) is 19.1 Å². The minimum atomic E-state index is -5.06. The normalized spacial score (nSPS) is 11.3. The lowest BCUT2D eigenvalue weighted by atomic mass is 10.1. The van der Waals surface area contributed by atoms with E-state index in [1.54, 1.807) is 0 Å². The maximum Gasteiger partial charge on any atom is 0.471 e. The van der Waals surface area contributed by atoms with Crippen LogP contribution in [0.2, 0.25) is 0 Å². The number of ether oxygens (including phenoxy) is 1. The predicted molar refractivity (Wildman–Crippen MR) is 89.6 cm³/mol. The van der Waals surface area contributed by atoms with E-state index >= 15 is 0 Å². The molecule has 2 rings (SSSR count). The highest BCUT2D eigenvalue weighted by Gasteiger charge is 2.42. The van der Waals surface area contributed by atoms with Crippen LogP contribution >= 0.6 is 0 Å². The number of nitrogens with zero attached hydrogens (tertiary/aromatic N) is 1. The first kappa shape index (κ1) is 20.2. The van der Waals surface area contributed by atoms with Gasteiger partial charge in [-0.25, -0.2) is 0 Å². The number of benzene rings is 2. The van der Waals surface area contributed by atoms with Crippen molar-refractivity contribution in [3.63, 3.8) is 0 Å².